The quantitative estimate of drug-likeness (QED) is 0.736. The summed E-state index contributed by atoms with van der Waals surface area (Å²) in [5.74, 6) is 2.48. The van der Waals surface area contributed by atoms with Crippen molar-refractivity contribution in [3.05, 3.63) is 35.6 Å². The molecule has 1 amide bonds. The van der Waals surface area contributed by atoms with Crippen molar-refractivity contribution in [1.82, 2.24) is 20.0 Å². The van der Waals surface area contributed by atoms with Gasteiger partial charge < -0.3 is 18.9 Å². The minimum Gasteiger partial charge on any atom is -0.481 e. The molecule has 2 aromatic heterocycles. The van der Waals surface area contributed by atoms with E-state index in [2.05, 4.69) is 15.1 Å². The van der Waals surface area contributed by atoms with Crippen molar-refractivity contribution in [2.24, 2.45) is 0 Å². The molecule has 144 valence electrons. The van der Waals surface area contributed by atoms with E-state index in [0.29, 0.717) is 43.5 Å². The molecule has 0 bridgehead atoms. The van der Waals surface area contributed by atoms with Gasteiger partial charge in [-0.1, -0.05) is 5.16 Å². The zero-order valence-corrected chi connectivity index (χ0v) is 15.5. The van der Waals surface area contributed by atoms with Gasteiger partial charge in [-0.05, 0) is 31.7 Å². The number of nitrogens with zero attached hydrogens (tertiary/aromatic N) is 4. The van der Waals surface area contributed by atoms with E-state index in [0.717, 1.165) is 37.4 Å². The Morgan fingerprint density at radius 1 is 1.26 bits per heavy atom. The molecule has 3 heterocycles. The second kappa shape index (κ2) is 8.04. The van der Waals surface area contributed by atoms with Crippen LogP contribution in [-0.4, -0.2) is 58.8 Å². The first-order valence-corrected chi connectivity index (χ1v) is 9.46. The molecule has 0 N–H and O–H groups in total. The van der Waals surface area contributed by atoms with Crippen LogP contribution in [0.1, 0.15) is 53.7 Å². The summed E-state index contributed by atoms with van der Waals surface area (Å²) in [7, 11) is 1.55. The van der Waals surface area contributed by atoms with Gasteiger partial charge in [0.1, 0.15) is 0 Å². The van der Waals surface area contributed by atoms with Crippen LogP contribution in [0.25, 0.3) is 0 Å². The molecule has 1 saturated carbocycles. The van der Waals surface area contributed by atoms with Crippen LogP contribution >= 0.6 is 0 Å². The molecule has 0 aromatic carbocycles. The summed E-state index contributed by atoms with van der Waals surface area (Å²) in [4.78, 5) is 22.9. The smallest absolute Gasteiger partial charge is 0.255 e. The van der Waals surface area contributed by atoms with Gasteiger partial charge in [0.25, 0.3) is 5.91 Å². The first-order chi connectivity index (χ1) is 13.2. The summed E-state index contributed by atoms with van der Waals surface area (Å²) in [6.45, 7) is 1.94. The SMILES string of the molecule is COc1ccc(C(=O)N2CCC(OCCc3noc(C4CC4)n3)CC2)cn1. The summed E-state index contributed by atoms with van der Waals surface area (Å²) in [6, 6.07) is 3.45. The van der Waals surface area contributed by atoms with Gasteiger partial charge in [0.2, 0.25) is 11.8 Å². The monoisotopic (exact) mass is 372 g/mol. The number of carbonyl (C=O) groups excluding carboxylic acids is 1. The van der Waals surface area contributed by atoms with Crippen molar-refractivity contribution in [3.63, 3.8) is 0 Å². The van der Waals surface area contributed by atoms with Crippen molar-refractivity contribution in [2.45, 2.75) is 44.1 Å². The van der Waals surface area contributed by atoms with Gasteiger partial charge in [0.05, 0.1) is 25.4 Å². The van der Waals surface area contributed by atoms with Crippen molar-refractivity contribution in [2.75, 3.05) is 26.8 Å². The van der Waals surface area contributed by atoms with Crippen LogP contribution in [0.15, 0.2) is 22.9 Å². The van der Waals surface area contributed by atoms with Crippen LogP contribution in [0.5, 0.6) is 5.88 Å². The summed E-state index contributed by atoms with van der Waals surface area (Å²) >= 11 is 0. The lowest BCUT2D eigenvalue weighted by Crippen LogP contribution is -2.41. The molecule has 1 aliphatic carbocycles. The van der Waals surface area contributed by atoms with E-state index in [9.17, 15) is 4.79 Å². The maximum absolute atomic E-state index is 12.5. The lowest BCUT2D eigenvalue weighted by molar-refractivity contribution is 0.00946. The minimum atomic E-state index is 0.00278. The van der Waals surface area contributed by atoms with Crippen molar-refractivity contribution >= 4 is 5.91 Å². The van der Waals surface area contributed by atoms with E-state index in [1.54, 1.807) is 25.4 Å². The minimum absolute atomic E-state index is 0.00278. The fourth-order valence-electron chi connectivity index (χ4n) is 3.22. The Labute approximate surface area is 157 Å². The number of aromatic nitrogens is 3. The second-order valence-electron chi connectivity index (χ2n) is 7.02. The van der Waals surface area contributed by atoms with Crippen LogP contribution in [-0.2, 0) is 11.2 Å². The molecule has 8 heteroatoms. The number of amides is 1. The molecule has 0 spiro atoms. The van der Waals surface area contributed by atoms with Gasteiger partial charge in [-0.25, -0.2) is 4.98 Å². The van der Waals surface area contributed by atoms with E-state index in [-0.39, 0.29) is 12.0 Å². The Bertz CT molecular complexity index is 764. The van der Waals surface area contributed by atoms with E-state index < -0.39 is 0 Å². The largest absolute Gasteiger partial charge is 0.481 e. The van der Waals surface area contributed by atoms with E-state index in [4.69, 9.17) is 14.0 Å². The molecule has 2 aromatic rings. The standard InChI is InChI=1S/C19H24N4O4/c1-25-17-5-4-14(12-20-17)19(24)23-9-6-15(7-10-23)26-11-8-16-21-18(27-22-16)13-2-3-13/h4-5,12-13,15H,2-3,6-11H2,1H3. The Morgan fingerprint density at radius 2 is 2.07 bits per heavy atom. The lowest BCUT2D eigenvalue weighted by atomic mass is 10.1. The average molecular weight is 372 g/mol. The molecular weight excluding hydrogens is 348 g/mol. The van der Waals surface area contributed by atoms with Gasteiger partial charge in [-0.2, -0.15) is 4.98 Å². The second-order valence-corrected chi connectivity index (χ2v) is 7.02. The first kappa shape index (κ1) is 17.9. The first-order valence-electron chi connectivity index (χ1n) is 9.46. The highest BCUT2D eigenvalue weighted by Crippen LogP contribution is 2.38. The summed E-state index contributed by atoms with van der Waals surface area (Å²) in [5, 5.41) is 4.01. The van der Waals surface area contributed by atoms with Crippen LogP contribution < -0.4 is 4.74 Å². The molecular formula is C19H24N4O4. The fraction of sp³-hybridized carbons (Fsp3) is 0.579. The molecule has 4 rings (SSSR count). The summed E-state index contributed by atoms with van der Waals surface area (Å²) in [6.07, 6.45) is 6.35. The third-order valence-electron chi connectivity index (χ3n) is 5.01. The van der Waals surface area contributed by atoms with Crippen molar-refractivity contribution in [1.29, 1.82) is 0 Å². The Morgan fingerprint density at radius 3 is 2.74 bits per heavy atom. The van der Waals surface area contributed by atoms with Gasteiger partial charge in [0, 0.05) is 37.7 Å². The van der Waals surface area contributed by atoms with Crippen LogP contribution in [0.3, 0.4) is 0 Å². The molecule has 27 heavy (non-hydrogen) atoms. The van der Waals surface area contributed by atoms with Gasteiger partial charge in [0.15, 0.2) is 5.82 Å². The molecule has 1 aliphatic heterocycles. The third-order valence-corrected chi connectivity index (χ3v) is 5.01. The molecule has 2 aliphatic rings. The maximum Gasteiger partial charge on any atom is 0.255 e. The number of ether oxygens (including phenoxy) is 2. The fourth-order valence-corrected chi connectivity index (χ4v) is 3.22. The number of hydrogen-bond acceptors (Lipinski definition) is 7. The highest BCUT2D eigenvalue weighted by Gasteiger charge is 2.29. The van der Waals surface area contributed by atoms with Crippen molar-refractivity contribution < 1.29 is 18.8 Å². The van der Waals surface area contributed by atoms with E-state index in [1.165, 1.54) is 0 Å². The Hall–Kier alpha value is -2.48. The van der Waals surface area contributed by atoms with Gasteiger partial charge >= 0.3 is 0 Å². The van der Waals surface area contributed by atoms with Crippen molar-refractivity contribution in [3.8, 4) is 5.88 Å². The Balaban J connectivity index is 1.19. The van der Waals surface area contributed by atoms with Gasteiger partial charge in [-0.15, -0.1) is 0 Å². The number of hydrogen-bond donors (Lipinski definition) is 0. The highest BCUT2D eigenvalue weighted by atomic mass is 16.5. The number of likely N-dealkylation sites (tertiary alicyclic amines) is 1. The predicted molar refractivity (Wildman–Crippen MR) is 95.6 cm³/mol. The number of carbonyl (C=O) groups is 1. The third kappa shape index (κ3) is 4.44. The molecule has 0 atom stereocenters. The number of rotatable bonds is 7. The van der Waals surface area contributed by atoms with Crippen LogP contribution in [0, 0.1) is 0 Å². The zero-order chi connectivity index (χ0) is 18.6. The highest BCUT2D eigenvalue weighted by molar-refractivity contribution is 5.94. The van der Waals surface area contributed by atoms with Crippen LogP contribution in [0.2, 0.25) is 0 Å². The molecule has 2 fully saturated rings. The number of piperidine rings is 1. The predicted octanol–water partition coefficient (Wildman–Crippen LogP) is 2.21. The van der Waals surface area contributed by atoms with Crippen LogP contribution in [0.4, 0.5) is 0 Å². The Kier molecular flexibility index (Phi) is 5.33. The molecule has 0 unspecified atom stereocenters. The normalized spacial score (nSPS) is 17.9. The number of pyridine rings is 1. The summed E-state index contributed by atoms with van der Waals surface area (Å²) in [5.41, 5.74) is 0.582. The lowest BCUT2D eigenvalue weighted by Gasteiger charge is -2.32. The topological polar surface area (TPSA) is 90.6 Å². The molecule has 8 nitrogen and oxygen atoms in total. The summed E-state index contributed by atoms with van der Waals surface area (Å²) < 4.78 is 16.2. The van der Waals surface area contributed by atoms with Gasteiger partial charge in [-0.3, -0.25) is 4.79 Å². The maximum atomic E-state index is 12.5. The molecule has 0 radical (unpaired) electrons. The number of methoxy groups -OCH3 is 1. The van der Waals surface area contributed by atoms with E-state index in [1.807, 2.05) is 4.90 Å². The van der Waals surface area contributed by atoms with E-state index >= 15 is 0 Å². The average Bonchev–Trinajstić information content (AvgIpc) is 3.47. The molecule has 1 saturated heterocycles. The zero-order valence-electron chi connectivity index (χ0n) is 15.5.